The molecule has 4 amide bonds. The molecule has 2 aliphatic heterocycles. The van der Waals surface area contributed by atoms with E-state index in [0.717, 1.165) is 11.1 Å². The van der Waals surface area contributed by atoms with Crippen molar-refractivity contribution in [2.24, 2.45) is 28.9 Å². The van der Waals surface area contributed by atoms with Crippen molar-refractivity contribution in [3.05, 3.63) is 76.3 Å². The van der Waals surface area contributed by atoms with E-state index in [9.17, 15) is 28.8 Å². The quantitative estimate of drug-likeness (QED) is 0.134. The third-order valence-electron chi connectivity index (χ3n) is 10.8. The van der Waals surface area contributed by atoms with Crippen LogP contribution in [0.25, 0.3) is 0 Å². The van der Waals surface area contributed by atoms with Crippen molar-refractivity contribution < 1.29 is 47.7 Å². The Bertz CT molecular complexity index is 1920. The van der Waals surface area contributed by atoms with Gasteiger partial charge < -0.3 is 45.9 Å². The van der Waals surface area contributed by atoms with Crippen LogP contribution in [0.15, 0.2) is 54.6 Å². The Balaban J connectivity index is 1.49. The molecule has 0 aromatic heterocycles. The van der Waals surface area contributed by atoms with Crippen LogP contribution in [0.5, 0.6) is 5.75 Å². The molecule has 16 heteroatoms. The fraction of sp³-hybridized carbons (Fsp3) is 0.556. The zero-order valence-corrected chi connectivity index (χ0v) is 37.3. The first-order valence-corrected chi connectivity index (χ1v) is 21.1. The average molecular weight is 868 g/mol. The van der Waals surface area contributed by atoms with E-state index in [4.69, 9.17) is 36.3 Å². The monoisotopic (exact) mass is 867 g/mol. The van der Waals surface area contributed by atoms with Crippen LogP contribution in [0.2, 0.25) is 5.02 Å². The molecule has 61 heavy (non-hydrogen) atoms. The zero-order valence-electron chi connectivity index (χ0n) is 36.5. The van der Waals surface area contributed by atoms with Crippen LogP contribution >= 0.6 is 11.6 Å². The summed E-state index contributed by atoms with van der Waals surface area (Å²) in [6.45, 7) is 14.2. The molecule has 0 aliphatic carbocycles. The molecule has 6 N–H and O–H groups in total. The van der Waals surface area contributed by atoms with Crippen LogP contribution in [-0.4, -0.2) is 85.7 Å². The number of methoxy groups -OCH3 is 1. The van der Waals surface area contributed by atoms with E-state index in [-0.39, 0.29) is 74.1 Å². The molecule has 15 nitrogen and oxygen atoms in total. The molecule has 0 radical (unpaired) electrons. The Morgan fingerprint density at radius 3 is 2.26 bits per heavy atom. The molecule has 0 saturated carbocycles. The number of amides is 4. The minimum Gasteiger partial charge on any atom is -0.495 e. The number of nitrogens with two attached hydrogens (primary N) is 1. The van der Waals surface area contributed by atoms with Gasteiger partial charge in [-0.15, -0.1) is 0 Å². The predicted molar refractivity (Wildman–Crippen MR) is 229 cm³/mol. The van der Waals surface area contributed by atoms with Crippen LogP contribution in [0.1, 0.15) is 91.0 Å². The van der Waals surface area contributed by atoms with Gasteiger partial charge in [0.15, 0.2) is 6.10 Å². The third kappa shape index (κ3) is 14.0. The average Bonchev–Trinajstić information content (AvgIpc) is 4.01. The lowest BCUT2D eigenvalue weighted by Crippen LogP contribution is -2.51. The summed E-state index contributed by atoms with van der Waals surface area (Å²) in [6, 6.07) is 10.1. The van der Waals surface area contributed by atoms with E-state index in [1.807, 2.05) is 58.9 Å². The Kier molecular flexibility index (Phi) is 17.3. The highest BCUT2D eigenvalue weighted by molar-refractivity contribution is 6.32. The van der Waals surface area contributed by atoms with Crippen molar-refractivity contribution in [2.45, 2.75) is 124 Å². The van der Waals surface area contributed by atoms with Crippen molar-refractivity contribution in [3.8, 4) is 5.75 Å². The molecule has 4 rings (SSSR count). The van der Waals surface area contributed by atoms with Gasteiger partial charge in [0.2, 0.25) is 23.6 Å². The molecule has 2 aromatic rings. The van der Waals surface area contributed by atoms with E-state index in [1.54, 1.807) is 45.0 Å². The molecule has 0 unspecified atom stereocenters. The first-order chi connectivity index (χ1) is 28.7. The number of cyclic esters (lactones) is 2. The Morgan fingerprint density at radius 2 is 1.64 bits per heavy atom. The van der Waals surface area contributed by atoms with Gasteiger partial charge in [0, 0.05) is 31.8 Å². The number of ether oxygens (including phenoxy) is 4. The second-order valence-electron chi connectivity index (χ2n) is 17.3. The summed E-state index contributed by atoms with van der Waals surface area (Å²) in [4.78, 5) is 79.3. The highest BCUT2D eigenvalue weighted by Crippen LogP contribution is 2.45. The first-order valence-electron chi connectivity index (χ1n) is 20.8. The molecule has 0 bridgehead atoms. The minimum atomic E-state index is -1.25. The van der Waals surface area contributed by atoms with Crippen LogP contribution in [0, 0.1) is 23.2 Å². The second kappa shape index (κ2) is 21.7. The molecule has 334 valence electrons. The fourth-order valence-electron chi connectivity index (χ4n) is 6.67. The summed E-state index contributed by atoms with van der Waals surface area (Å²) in [5.74, 6) is -3.24. The molecule has 2 aliphatic rings. The highest BCUT2D eigenvalue weighted by atomic mass is 35.5. The largest absolute Gasteiger partial charge is 0.495 e. The highest BCUT2D eigenvalue weighted by Gasteiger charge is 2.48. The van der Waals surface area contributed by atoms with E-state index < -0.39 is 59.5 Å². The minimum absolute atomic E-state index is 0.0317. The smallest absolute Gasteiger partial charge is 0.347 e. The Labute approximate surface area is 363 Å². The number of carbonyl (C=O) groups excluding carboxylic acids is 6. The normalized spacial score (nSPS) is 24.3. The summed E-state index contributed by atoms with van der Waals surface area (Å²) in [6.07, 6.45) is 0.617. The van der Waals surface area contributed by atoms with Crippen molar-refractivity contribution in [1.29, 1.82) is 0 Å². The summed E-state index contributed by atoms with van der Waals surface area (Å²) < 4.78 is 23.3. The lowest BCUT2D eigenvalue weighted by atomic mass is 9.92. The van der Waals surface area contributed by atoms with Gasteiger partial charge in [-0.05, 0) is 73.9 Å². The Hall–Kier alpha value is -4.99. The van der Waals surface area contributed by atoms with Crippen molar-refractivity contribution in [1.82, 2.24) is 21.3 Å². The number of halogens is 1. The van der Waals surface area contributed by atoms with Crippen molar-refractivity contribution >= 4 is 47.2 Å². The van der Waals surface area contributed by atoms with Crippen molar-refractivity contribution in [3.63, 3.8) is 0 Å². The maximum Gasteiger partial charge on any atom is 0.347 e. The molecule has 1 saturated heterocycles. The second-order valence-corrected chi connectivity index (χ2v) is 17.7. The van der Waals surface area contributed by atoms with Crippen LogP contribution in [-0.2, 0) is 55.9 Å². The van der Waals surface area contributed by atoms with Crippen LogP contribution < -0.4 is 31.7 Å². The SMILES string of the molecule is COc1ccc(C[C@H]2NC(=O)/C=C/C[C@@H]([C@H](C)[C@H]3O[C@@H]3c3ccc(CNC(=O)[C@H](C)NC(=O)[C@@H](N)C(C)C)cc3)OC(=O)[C@H](CC(C)C)OC(=O)C(C)(C)CNC2=O)cc1Cl. The number of hydrogen-bond acceptors (Lipinski definition) is 11. The molecule has 1 fully saturated rings. The number of benzene rings is 2. The number of carbonyl (C=O) groups is 6. The van der Waals surface area contributed by atoms with Gasteiger partial charge in [-0.25, -0.2) is 4.79 Å². The maximum absolute atomic E-state index is 13.8. The van der Waals surface area contributed by atoms with Gasteiger partial charge in [-0.1, -0.05) is 82.6 Å². The number of esters is 2. The lowest BCUT2D eigenvalue weighted by Gasteiger charge is -2.29. The number of hydrogen-bond donors (Lipinski definition) is 5. The molecule has 0 spiro atoms. The molecule has 2 heterocycles. The fourth-order valence-corrected chi connectivity index (χ4v) is 6.95. The Morgan fingerprint density at radius 1 is 0.967 bits per heavy atom. The molecular weight excluding hydrogens is 806 g/mol. The van der Waals surface area contributed by atoms with E-state index >= 15 is 0 Å². The third-order valence-corrected chi connectivity index (χ3v) is 11.1. The number of rotatable bonds is 14. The van der Waals surface area contributed by atoms with Gasteiger partial charge >= 0.3 is 11.9 Å². The summed E-state index contributed by atoms with van der Waals surface area (Å²) in [5.41, 5.74) is 7.02. The molecule has 2 aromatic carbocycles. The standard InChI is InChI=1S/C45H62ClN5O10/c1-24(2)19-35-43(56)59-33(26(5)38-39(61-38)30-16-13-28(14-17-30)22-48-40(53)27(6)50-42(55)37(47)25(3)4)11-10-12-36(52)51-32(21-29-15-18-34(58-9)31(46)20-29)41(54)49-23-45(7,8)44(57)60-35/h10,12-18,20,24-27,32-33,35,37-39H,11,19,21-23,47H2,1-9H3,(H,48,53)(H,49,54)(H,50,55)(H,51,52)/b12-10+/t26-,27-,32+,33-,35-,37-,38+,39+/m0/s1. The lowest BCUT2D eigenvalue weighted by molar-refractivity contribution is -0.179. The van der Waals surface area contributed by atoms with Gasteiger partial charge in [0.05, 0.1) is 29.7 Å². The number of nitrogens with one attached hydrogen (secondary N) is 4. The summed E-state index contributed by atoms with van der Waals surface area (Å²) in [7, 11) is 1.49. The summed E-state index contributed by atoms with van der Waals surface area (Å²) in [5, 5.41) is 11.4. The first kappa shape index (κ1) is 48.7. The molecule has 8 atom stereocenters. The van der Waals surface area contributed by atoms with Gasteiger partial charge in [-0.3, -0.25) is 24.0 Å². The van der Waals surface area contributed by atoms with Gasteiger partial charge in [0.25, 0.3) is 0 Å². The number of epoxide rings is 1. The topological polar surface area (TPSA) is 217 Å². The predicted octanol–water partition coefficient (Wildman–Crippen LogP) is 4.23. The van der Waals surface area contributed by atoms with Crippen molar-refractivity contribution in [2.75, 3.05) is 13.7 Å². The van der Waals surface area contributed by atoms with Crippen LogP contribution in [0.3, 0.4) is 0 Å². The zero-order chi connectivity index (χ0) is 45.2. The van der Waals surface area contributed by atoms with Gasteiger partial charge in [-0.2, -0.15) is 0 Å². The van der Waals surface area contributed by atoms with Crippen LogP contribution in [0.4, 0.5) is 0 Å². The van der Waals surface area contributed by atoms with Gasteiger partial charge in [0.1, 0.15) is 30.0 Å². The van der Waals surface area contributed by atoms with E-state index in [1.165, 1.54) is 13.2 Å². The summed E-state index contributed by atoms with van der Waals surface area (Å²) >= 11 is 6.35. The molecular formula is C45H62ClN5O10. The maximum atomic E-state index is 13.8. The van der Waals surface area contributed by atoms with E-state index in [0.29, 0.717) is 16.3 Å². The van der Waals surface area contributed by atoms with E-state index in [2.05, 4.69) is 21.3 Å².